The third-order valence-electron chi connectivity index (χ3n) is 4.81. The van der Waals surface area contributed by atoms with Gasteiger partial charge in [-0.1, -0.05) is 29.5 Å². The first-order valence-corrected chi connectivity index (χ1v) is 10.9. The zero-order valence-electron chi connectivity index (χ0n) is 17.8. The quantitative estimate of drug-likeness (QED) is 0.324. The van der Waals surface area contributed by atoms with Crippen molar-refractivity contribution < 1.29 is 0 Å². The van der Waals surface area contributed by atoms with E-state index in [1.807, 2.05) is 25.3 Å². The monoisotopic (exact) mass is 418 g/mol. The highest BCUT2D eigenvalue weighted by molar-refractivity contribution is 7.19. The Kier molecular flexibility index (Phi) is 6.18. The zero-order chi connectivity index (χ0) is 21.6. The summed E-state index contributed by atoms with van der Waals surface area (Å²) in [5, 5.41) is 1.16. The van der Waals surface area contributed by atoms with Crippen LogP contribution in [-0.2, 0) is 0 Å². The molecule has 4 rings (SSSR count). The van der Waals surface area contributed by atoms with Crippen LogP contribution in [0.15, 0.2) is 79.0 Å². The molecule has 3 heteroatoms. The number of benzene rings is 2. The van der Waals surface area contributed by atoms with Gasteiger partial charge in [-0.2, -0.15) is 0 Å². The molecule has 4 aromatic rings. The van der Waals surface area contributed by atoms with Crippen LogP contribution < -0.4 is 4.90 Å². The molecule has 0 aliphatic rings. The molecule has 0 saturated carbocycles. The van der Waals surface area contributed by atoms with Crippen molar-refractivity contribution in [2.45, 2.75) is 20.8 Å². The average molecular weight is 419 g/mol. The summed E-state index contributed by atoms with van der Waals surface area (Å²) in [6.07, 6.45) is 1.87. The molecular weight excluding hydrogens is 396 g/mol. The number of rotatable bonds is 4. The van der Waals surface area contributed by atoms with E-state index in [0.717, 1.165) is 27.6 Å². The molecule has 0 spiro atoms. The molecule has 0 atom stereocenters. The van der Waals surface area contributed by atoms with E-state index in [-0.39, 0.29) is 0 Å². The fraction of sp³-hybridized carbons (Fsp3) is 0.107. The van der Waals surface area contributed by atoms with Gasteiger partial charge in [0.2, 0.25) is 0 Å². The van der Waals surface area contributed by atoms with Gasteiger partial charge in [-0.3, -0.25) is 4.98 Å². The molecule has 2 aromatic heterocycles. The largest absolute Gasteiger partial charge is 0.302 e. The lowest BCUT2D eigenvalue weighted by atomic mass is 10.1. The molecule has 0 amide bonds. The highest BCUT2D eigenvalue weighted by Crippen LogP contribution is 2.41. The minimum absolute atomic E-state index is 0.953. The fourth-order valence-corrected chi connectivity index (χ4v) is 4.30. The topological polar surface area (TPSA) is 16.1 Å². The van der Waals surface area contributed by atoms with E-state index in [1.54, 1.807) is 18.3 Å². The average Bonchev–Trinajstić information content (AvgIpc) is 3.26. The van der Waals surface area contributed by atoms with Crippen LogP contribution >= 0.6 is 11.3 Å². The second kappa shape index (κ2) is 9.35. The summed E-state index contributed by atoms with van der Waals surface area (Å²) in [7, 11) is 0. The summed E-state index contributed by atoms with van der Waals surface area (Å²) in [5.74, 6) is 11.5. The summed E-state index contributed by atoms with van der Waals surface area (Å²) < 4.78 is 0. The minimum Gasteiger partial charge on any atom is -0.302 e. The Morgan fingerprint density at radius 2 is 1.52 bits per heavy atom. The fourth-order valence-electron chi connectivity index (χ4n) is 3.26. The van der Waals surface area contributed by atoms with E-state index >= 15 is 0 Å². The third kappa shape index (κ3) is 4.86. The van der Waals surface area contributed by atoms with E-state index in [0.29, 0.717) is 0 Å². The number of hydrogen-bond donors (Lipinski definition) is 0. The van der Waals surface area contributed by atoms with Crippen LogP contribution in [0.1, 0.15) is 23.7 Å². The number of hydrogen-bond acceptors (Lipinski definition) is 3. The van der Waals surface area contributed by atoms with E-state index in [2.05, 4.69) is 101 Å². The molecule has 0 N–H and O–H groups in total. The maximum atomic E-state index is 4.32. The van der Waals surface area contributed by atoms with Crippen LogP contribution in [0.2, 0.25) is 0 Å². The lowest BCUT2D eigenvalue weighted by molar-refractivity contribution is 1.20. The van der Waals surface area contributed by atoms with Gasteiger partial charge in [0.25, 0.3) is 0 Å². The maximum Gasteiger partial charge on any atom is 0.101 e. The lowest BCUT2D eigenvalue weighted by Gasteiger charge is -2.23. The number of thiophene rings is 1. The minimum atomic E-state index is 0.953. The van der Waals surface area contributed by atoms with Crippen LogP contribution in [0.5, 0.6) is 0 Å². The van der Waals surface area contributed by atoms with Gasteiger partial charge in [0.1, 0.15) is 5.00 Å². The molecule has 150 valence electrons. The molecule has 31 heavy (non-hydrogen) atoms. The molecule has 0 saturated heterocycles. The predicted octanol–water partition coefficient (Wildman–Crippen LogP) is 7.27. The first kappa shape index (κ1) is 20.5. The summed E-state index contributed by atoms with van der Waals surface area (Å²) in [5.41, 5.74) is 6.62. The number of pyridine rings is 1. The Balaban J connectivity index is 1.75. The maximum absolute atomic E-state index is 4.32. The Morgan fingerprint density at radius 1 is 0.806 bits per heavy atom. The highest BCUT2D eigenvalue weighted by atomic mass is 32.1. The molecule has 0 radical (unpaired) electrons. The Hall–Kier alpha value is -3.79. The smallest absolute Gasteiger partial charge is 0.101 e. The van der Waals surface area contributed by atoms with E-state index in [4.69, 9.17) is 0 Å². The van der Waals surface area contributed by atoms with Gasteiger partial charge in [-0.05, 0) is 98.8 Å². The molecular formula is C28H22N2S. The third-order valence-corrected chi connectivity index (χ3v) is 5.92. The van der Waals surface area contributed by atoms with Crippen LogP contribution in [0.4, 0.5) is 16.4 Å². The Bertz CT molecular complexity index is 1310. The molecule has 0 aliphatic heterocycles. The van der Waals surface area contributed by atoms with Crippen molar-refractivity contribution >= 4 is 27.7 Å². The van der Waals surface area contributed by atoms with Crippen LogP contribution in [-0.4, -0.2) is 4.98 Å². The number of anilines is 3. The molecule has 0 unspecified atom stereocenters. The van der Waals surface area contributed by atoms with Crippen LogP contribution in [0.3, 0.4) is 0 Å². The summed E-state index contributed by atoms with van der Waals surface area (Å²) in [6.45, 7) is 5.92. The van der Waals surface area contributed by atoms with Gasteiger partial charge in [-0.25, -0.2) is 0 Å². The van der Waals surface area contributed by atoms with E-state index in [9.17, 15) is 0 Å². The van der Waals surface area contributed by atoms with Crippen molar-refractivity contribution in [2.75, 3.05) is 4.90 Å². The number of aryl methyl sites for hydroxylation is 2. The van der Waals surface area contributed by atoms with Gasteiger partial charge < -0.3 is 4.90 Å². The summed E-state index contributed by atoms with van der Waals surface area (Å²) in [4.78, 5) is 7.82. The van der Waals surface area contributed by atoms with Gasteiger partial charge >= 0.3 is 0 Å². The Morgan fingerprint density at radius 3 is 2.19 bits per heavy atom. The molecule has 2 nitrogen and oxygen atoms in total. The Labute approximate surface area is 188 Å². The first-order chi connectivity index (χ1) is 15.1. The van der Waals surface area contributed by atoms with Crippen molar-refractivity contribution in [1.82, 2.24) is 4.98 Å². The molecule has 0 bridgehead atoms. The van der Waals surface area contributed by atoms with Gasteiger partial charge in [0.05, 0.1) is 0 Å². The van der Waals surface area contributed by atoms with Crippen molar-refractivity contribution in [3.05, 3.63) is 95.8 Å². The highest BCUT2D eigenvalue weighted by Gasteiger charge is 2.15. The second-order valence-corrected chi connectivity index (χ2v) is 8.23. The van der Waals surface area contributed by atoms with Crippen molar-refractivity contribution in [3.8, 4) is 34.1 Å². The summed E-state index contributed by atoms with van der Waals surface area (Å²) in [6, 6.07) is 25.5. The summed E-state index contributed by atoms with van der Waals surface area (Å²) >= 11 is 1.77. The molecule has 0 fully saturated rings. The zero-order valence-corrected chi connectivity index (χ0v) is 18.6. The molecule has 2 heterocycles. The van der Waals surface area contributed by atoms with E-state index in [1.165, 1.54) is 16.0 Å². The van der Waals surface area contributed by atoms with Crippen molar-refractivity contribution in [2.24, 2.45) is 0 Å². The van der Waals surface area contributed by atoms with Crippen molar-refractivity contribution in [3.63, 3.8) is 0 Å². The van der Waals surface area contributed by atoms with Crippen molar-refractivity contribution in [1.29, 1.82) is 0 Å². The number of aromatic nitrogens is 1. The first-order valence-electron chi connectivity index (χ1n) is 10.1. The second-order valence-electron chi connectivity index (χ2n) is 7.17. The van der Waals surface area contributed by atoms with Gasteiger partial charge in [0.15, 0.2) is 0 Å². The normalized spacial score (nSPS) is 9.90. The van der Waals surface area contributed by atoms with E-state index < -0.39 is 0 Å². The standard InChI is InChI=1S/C28H22N2S/c1-4-5-6-7-23-10-14-26(15-11-23)30(25-12-8-21(2)9-13-25)28-17-16-27(31-28)24-18-19-29-22(3)20-24/h8-20H,1-3H3. The lowest BCUT2D eigenvalue weighted by Crippen LogP contribution is -2.08. The molecule has 2 aromatic carbocycles. The van der Waals surface area contributed by atoms with Crippen LogP contribution in [0.25, 0.3) is 10.4 Å². The van der Waals surface area contributed by atoms with Gasteiger partial charge in [-0.15, -0.1) is 11.3 Å². The number of nitrogens with zero attached hydrogens (tertiary/aromatic N) is 2. The van der Waals surface area contributed by atoms with Gasteiger partial charge in [0, 0.05) is 33.7 Å². The predicted molar refractivity (Wildman–Crippen MR) is 132 cm³/mol. The molecule has 0 aliphatic carbocycles. The van der Waals surface area contributed by atoms with Crippen LogP contribution in [0, 0.1) is 37.5 Å². The SMILES string of the molecule is CC#CC#Cc1ccc(N(c2ccc(C)cc2)c2ccc(-c3ccnc(C)c3)s2)cc1.